The Labute approximate surface area is 171 Å². The molecule has 2 heterocycles. The van der Waals surface area contributed by atoms with Crippen LogP contribution in [0.1, 0.15) is 31.7 Å². The van der Waals surface area contributed by atoms with E-state index in [9.17, 15) is 13.2 Å². The summed E-state index contributed by atoms with van der Waals surface area (Å²) < 4.78 is 37.8. The molecule has 1 aromatic rings. The van der Waals surface area contributed by atoms with Gasteiger partial charge in [-0.05, 0) is 31.7 Å². The fourth-order valence-electron chi connectivity index (χ4n) is 4.10. The van der Waals surface area contributed by atoms with E-state index in [1.165, 1.54) is 10.5 Å². The number of rotatable bonds is 6. The number of halogens is 3. The smallest absolute Gasteiger partial charge is 0.354 e. The summed E-state index contributed by atoms with van der Waals surface area (Å²) in [5.41, 5.74) is 1.33. The number of hydrogen-bond acceptors (Lipinski definition) is 3. The molecule has 0 radical (unpaired) electrons. The van der Waals surface area contributed by atoms with Crippen LogP contribution in [0.3, 0.4) is 0 Å². The summed E-state index contributed by atoms with van der Waals surface area (Å²) in [7, 11) is 0. The zero-order valence-corrected chi connectivity index (χ0v) is 17.1. The average molecular weight is 412 g/mol. The number of nitrogens with one attached hydrogen (secondary N) is 2. The van der Waals surface area contributed by atoms with Gasteiger partial charge in [-0.25, -0.2) is 0 Å². The van der Waals surface area contributed by atoms with E-state index in [0.717, 1.165) is 38.4 Å². The van der Waals surface area contributed by atoms with Gasteiger partial charge in [-0.3, -0.25) is 14.8 Å². The lowest BCUT2D eigenvalue weighted by Crippen LogP contribution is -2.51. The van der Waals surface area contributed by atoms with Crippen molar-refractivity contribution in [1.82, 2.24) is 20.4 Å². The lowest BCUT2D eigenvalue weighted by Gasteiger charge is -2.33. The minimum absolute atomic E-state index is 0.00770. The molecule has 3 rings (SSSR count). The van der Waals surface area contributed by atoms with Gasteiger partial charge in [-0.15, -0.1) is 0 Å². The second-order valence-electron chi connectivity index (χ2n) is 7.98. The minimum Gasteiger partial charge on any atom is -0.354 e. The van der Waals surface area contributed by atoms with E-state index in [2.05, 4.69) is 44.8 Å². The van der Waals surface area contributed by atoms with Gasteiger partial charge < -0.3 is 10.6 Å². The Morgan fingerprint density at radius 3 is 2.28 bits per heavy atom. The molecule has 2 aliphatic heterocycles. The van der Waals surface area contributed by atoms with Gasteiger partial charge >= 0.3 is 6.18 Å². The van der Waals surface area contributed by atoms with E-state index in [0.29, 0.717) is 32.1 Å². The first-order valence-corrected chi connectivity index (χ1v) is 10.5. The van der Waals surface area contributed by atoms with Crippen LogP contribution >= 0.6 is 0 Å². The van der Waals surface area contributed by atoms with Crippen LogP contribution in [0.2, 0.25) is 0 Å². The van der Waals surface area contributed by atoms with Gasteiger partial charge in [0.25, 0.3) is 0 Å². The van der Waals surface area contributed by atoms with E-state index in [1.807, 2.05) is 13.0 Å². The summed E-state index contributed by atoms with van der Waals surface area (Å²) >= 11 is 0. The van der Waals surface area contributed by atoms with Crippen molar-refractivity contribution in [3.05, 3.63) is 35.9 Å². The topological polar surface area (TPSA) is 42.9 Å². The molecule has 2 N–H and O–H groups in total. The number of piperidine rings is 1. The largest absolute Gasteiger partial charge is 0.401 e. The summed E-state index contributed by atoms with van der Waals surface area (Å²) in [4.78, 5) is 8.43. The SMILES string of the molecule is CCN=C(NC1CCN(Cc2ccccc2)CC1)NC1CCN(CC(F)(F)F)C1. The predicted octanol–water partition coefficient (Wildman–Crippen LogP) is 2.84. The maximum Gasteiger partial charge on any atom is 0.401 e. The van der Waals surface area contributed by atoms with Gasteiger partial charge in [-0.2, -0.15) is 13.2 Å². The van der Waals surface area contributed by atoms with Gasteiger partial charge in [-0.1, -0.05) is 30.3 Å². The first kappa shape index (κ1) is 21.9. The highest BCUT2D eigenvalue weighted by Gasteiger charge is 2.34. The van der Waals surface area contributed by atoms with Gasteiger partial charge in [0, 0.05) is 51.4 Å². The van der Waals surface area contributed by atoms with Crippen molar-refractivity contribution in [3.63, 3.8) is 0 Å². The second kappa shape index (κ2) is 10.3. The number of likely N-dealkylation sites (tertiary alicyclic amines) is 2. The molecule has 162 valence electrons. The first-order valence-electron chi connectivity index (χ1n) is 10.5. The molecule has 0 bridgehead atoms. The van der Waals surface area contributed by atoms with Crippen molar-refractivity contribution in [2.45, 2.75) is 51.0 Å². The number of alkyl halides is 3. The maximum absolute atomic E-state index is 12.6. The van der Waals surface area contributed by atoms with Gasteiger partial charge in [0.1, 0.15) is 0 Å². The third kappa shape index (κ3) is 7.51. The molecule has 5 nitrogen and oxygen atoms in total. The molecule has 0 aliphatic carbocycles. The number of guanidine groups is 1. The van der Waals surface area contributed by atoms with Crippen molar-refractivity contribution in [3.8, 4) is 0 Å². The Balaban J connectivity index is 1.43. The van der Waals surface area contributed by atoms with Crippen LogP contribution in [0.15, 0.2) is 35.3 Å². The van der Waals surface area contributed by atoms with Crippen molar-refractivity contribution in [1.29, 1.82) is 0 Å². The standard InChI is InChI=1S/C21H32F3N5/c1-2-25-20(27-19-10-13-29(15-19)16-21(22,23)24)26-18-8-11-28(12-9-18)14-17-6-4-3-5-7-17/h3-7,18-19H,2,8-16H2,1H3,(H2,25,26,27). The highest BCUT2D eigenvalue weighted by atomic mass is 19.4. The molecule has 1 unspecified atom stereocenters. The molecule has 0 spiro atoms. The van der Waals surface area contributed by atoms with E-state index in [-0.39, 0.29) is 6.04 Å². The van der Waals surface area contributed by atoms with Crippen LogP contribution in [0, 0.1) is 0 Å². The van der Waals surface area contributed by atoms with E-state index in [4.69, 9.17) is 0 Å². The molecule has 0 saturated carbocycles. The number of nitrogens with zero attached hydrogens (tertiary/aromatic N) is 3. The normalized spacial score (nSPS) is 22.8. The molecule has 2 aliphatic rings. The highest BCUT2D eigenvalue weighted by Crippen LogP contribution is 2.20. The molecule has 2 fully saturated rings. The number of hydrogen-bond donors (Lipinski definition) is 2. The first-order chi connectivity index (χ1) is 13.9. The highest BCUT2D eigenvalue weighted by molar-refractivity contribution is 5.80. The van der Waals surface area contributed by atoms with Crippen molar-refractivity contribution in [2.24, 2.45) is 4.99 Å². The number of benzene rings is 1. The third-order valence-electron chi connectivity index (χ3n) is 5.51. The Morgan fingerprint density at radius 1 is 1.00 bits per heavy atom. The molecule has 29 heavy (non-hydrogen) atoms. The van der Waals surface area contributed by atoms with E-state index in [1.54, 1.807) is 0 Å². The summed E-state index contributed by atoms with van der Waals surface area (Å²) in [6.45, 7) is 5.66. The minimum atomic E-state index is -4.14. The third-order valence-corrected chi connectivity index (χ3v) is 5.51. The van der Waals surface area contributed by atoms with Crippen LogP contribution in [-0.4, -0.2) is 73.3 Å². The molecule has 1 aromatic carbocycles. The van der Waals surface area contributed by atoms with Gasteiger partial charge in [0.2, 0.25) is 0 Å². The molecule has 1 atom stereocenters. The molecule has 0 amide bonds. The summed E-state index contributed by atoms with van der Waals surface area (Å²) in [5.74, 6) is 0.730. The van der Waals surface area contributed by atoms with E-state index < -0.39 is 12.7 Å². The van der Waals surface area contributed by atoms with Gasteiger partial charge in [0.15, 0.2) is 5.96 Å². The van der Waals surface area contributed by atoms with Crippen LogP contribution in [0.4, 0.5) is 13.2 Å². The maximum atomic E-state index is 12.6. The Morgan fingerprint density at radius 2 is 1.62 bits per heavy atom. The Kier molecular flexibility index (Phi) is 7.77. The quantitative estimate of drug-likeness (QED) is 0.558. The molecular weight excluding hydrogens is 379 g/mol. The van der Waals surface area contributed by atoms with Crippen molar-refractivity contribution < 1.29 is 13.2 Å². The molecule has 2 saturated heterocycles. The second-order valence-corrected chi connectivity index (χ2v) is 7.98. The van der Waals surface area contributed by atoms with Gasteiger partial charge in [0.05, 0.1) is 6.54 Å². The zero-order chi connectivity index (χ0) is 20.7. The Bertz CT molecular complexity index is 641. The molecule has 8 heteroatoms. The average Bonchev–Trinajstić information content (AvgIpc) is 3.09. The predicted molar refractivity (Wildman–Crippen MR) is 110 cm³/mol. The summed E-state index contributed by atoms with van der Waals surface area (Å²) in [5, 5.41) is 6.85. The van der Waals surface area contributed by atoms with Crippen molar-refractivity contribution >= 4 is 5.96 Å². The fraction of sp³-hybridized carbons (Fsp3) is 0.667. The summed E-state index contributed by atoms with van der Waals surface area (Å²) in [6, 6.07) is 10.8. The molecular formula is C21H32F3N5. The van der Waals surface area contributed by atoms with Crippen LogP contribution in [0.5, 0.6) is 0 Å². The monoisotopic (exact) mass is 411 g/mol. The lowest BCUT2D eigenvalue weighted by atomic mass is 10.0. The molecule has 0 aromatic heterocycles. The van der Waals surface area contributed by atoms with E-state index >= 15 is 0 Å². The van der Waals surface area contributed by atoms with Crippen molar-refractivity contribution in [2.75, 3.05) is 39.3 Å². The van der Waals surface area contributed by atoms with Crippen LogP contribution in [0.25, 0.3) is 0 Å². The number of aliphatic imine (C=N–C) groups is 1. The zero-order valence-electron chi connectivity index (χ0n) is 17.1. The Hall–Kier alpha value is -1.80. The fourth-order valence-corrected chi connectivity index (χ4v) is 4.10. The summed E-state index contributed by atoms with van der Waals surface area (Å²) in [6.07, 6.45) is -1.37. The lowest BCUT2D eigenvalue weighted by molar-refractivity contribution is -0.143. The van der Waals surface area contributed by atoms with Crippen LogP contribution in [-0.2, 0) is 6.54 Å². The van der Waals surface area contributed by atoms with Crippen LogP contribution < -0.4 is 10.6 Å².